The Morgan fingerprint density at radius 1 is 1.36 bits per heavy atom. The van der Waals surface area contributed by atoms with E-state index >= 15 is 0 Å². The predicted molar refractivity (Wildman–Crippen MR) is 88.4 cm³/mol. The second-order valence-electron chi connectivity index (χ2n) is 6.84. The van der Waals surface area contributed by atoms with Gasteiger partial charge in [0.05, 0.1) is 6.04 Å². The number of hydrogen-bond donors (Lipinski definition) is 1. The molecule has 1 aromatic rings. The van der Waals surface area contributed by atoms with Crippen molar-refractivity contribution < 1.29 is 4.79 Å². The predicted octanol–water partition coefficient (Wildman–Crippen LogP) is 1.63. The van der Waals surface area contributed by atoms with Crippen LogP contribution in [0.1, 0.15) is 31.4 Å². The number of benzene rings is 1. The fourth-order valence-corrected chi connectivity index (χ4v) is 3.86. The minimum Gasteiger partial charge on any atom is -0.338 e. The zero-order valence-corrected chi connectivity index (χ0v) is 13.7. The summed E-state index contributed by atoms with van der Waals surface area (Å²) >= 11 is 0. The summed E-state index contributed by atoms with van der Waals surface area (Å²) in [5.74, 6) is 0.732. The van der Waals surface area contributed by atoms with Crippen LogP contribution < -0.4 is 5.73 Å². The Hall–Kier alpha value is -1.39. The maximum absolute atomic E-state index is 12.9. The molecule has 2 aliphatic rings. The van der Waals surface area contributed by atoms with Crippen LogP contribution in [0.3, 0.4) is 0 Å². The minimum absolute atomic E-state index is 0.0488. The van der Waals surface area contributed by atoms with E-state index in [0.29, 0.717) is 18.5 Å². The lowest BCUT2D eigenvalue weighted by Gasteiger charge is -2.35. The van der Waals surface area contributed by atoms with E-state index in [0.717, 1.165) is 32.5 Å². The van der Waals surface area contributed by atoms with Crippen molar-refractivity contribution in [1.29, 1.82) is 0 Å². The number of hydrogen-bond acceptors (Lipinski definition) is 3. The fourth-order valence-electron chi connectivity index (χ4n) is 3.86. The van der Waals surface area contributed by atoms with E-state index < -0.39 is 0 Å². The number of carbonyl (C=O) groups is 1. The molecule has 1 fully saturated rings. The van der Waals surface area contributed by atoms with E-state index in [2.05, 4.69) is 43.0 Å². The molecule has 2 heterocycles. The summed E-state index contributed by atoms with van der Waals surface area (Å²) in [6.07, 6.45) is 2.08. The molecule has 2 aliphatic heterocycles. The van der Waals surface area contributed by atoms with Gasteiger partial charge in [-0.25, -0.2) is 0 Å². The smallest absolute Gasteiger partial charge is 0.239 e. The van der Waals surface area contributed by atoms with E-state index in [-0.39, 0.29) is 11.9 Å². The van der Waals surface area contributed by atoms with Gasteiger partial charge in [0, 0.05) is 25.7 Å². The number of likely N-dealkylation sites (tertiary alicyclic amines) is 1. The van der Waals surface area contributed by atoms with Crippen LogP contribution in [-0.4, -0.2) is 47.4 Å². The van der Waals surface area contributed by atoms with Gasteiger partial charge >= 0.3 is 0 Å². The topological polar surface area (TPSA) is 49.6 Å². The summed E-state index contributed by atoms with van der Waals surface area (Å²) in [5, 5.41) is 0. The monoisotopic (exact) mass is 301 g/mol. The van der Waals surface area contributed by atoms with Gasteiger partial charge in [0.2, 0.25) is 5.91 Å². The lowest BCUT2D eigenvalue weighted by atomic mass is 9.98. The first-order valence-corrected chi connectivity index (χ1v) is 8.41. The Labute approximate surface area is 133 Å². The first-order chi connectivity index (χ1) is 10.6. The molecule has 3 atom stereocenters. The molecule has 2 N–H and O–H groups in total. The molecule has 0 radical (unpaired) electrons. The van der Waals surface area contributed by atoms with Gasteiger partial charge in [0.25, 0.3) is 0 Å². The summed E-state index contributed by atoms with van der Waals surface area (Å²) in [4.78, 5) is 17.2. The van der Waals surface area contributed by atoms with E-state index in [1.54, 1.807) is 0 Å². The average Bonchev–Trinajstić information content (AvgIpc) is 2.94. The van der Waals surface area contributed by atoms with Crippen molar-refractivity contribution in [3.63, 3.8) is 0 Å². The van der Waals surface area contributed by atoms with Gasteiger partial charge in [-0.05, 0) is 50.3 Å². The van der Waals surface area contributed by atoms with Gasteiger partial charge in [-0.1, -0.05) is 24.3 Å². The third-order valence-corrected chi connectivity index (χ3v) is 5.34. The molecule has 22 heavy (non-hydrogen) atoms. The summed E-state index contributed by atoms with van der Waals surface area (Å²) in [7, 11) is 0. The standard InChI is InChI=1S/C18H27N3O/c1-13-9-15(10-19)11-21(13)18(22)14(2)20-8-7-16-5-3-4-6-17(16)12-20/h3-6,13-15H,7-12,19H2,1-2H3. The molecule has 4 nitrogen and oxygen atoms in total. The molecule has 1 aromatic carbocycles. The highest BCUT2D eigenvalue weighted by atomic mass is 16.2. The number of fused-ring (bicyclic) bond motifs is 1. The Morgan fingerprint density at radius 3 is 2.77 bits per heavy atom. The highest BCUT2D eigenvalue weighted by Gasteiger charge is 2.36. The van der Waals surface area contributed by atoms with Crippen LogP contribution in [0, 0.1) is 5.92 Å². The molecular formula is C18H27N3O. The Kier molecular flexibility index (Phi) is 4.50. The third-order valence-electron chi connectivity index (χ3n) is 5.34. The van der Waals surface area contributed by atoms with Crippen molar-refractivity contribution in [1.82, 2.24) is 9.80 Å². The summed E-state index contributed by atoms with van der Waals surface area (Å²) < 4.78 is 0. The van der Waals surface area contributed by atoms with Gasteiger partial charge in [-0.15, -0.1) is 0 Å². The lowest BCUT2D eigenvalue weighted by Crippen LogP contribution is -2.49. The van der Waals surface area contributed by atoms with Crippen molar-refractivity contribution in [2.24, 2.45) is 11.7 Å². The Balaban J connectivity index is 1.67. The van der Waals surface area contributed by atoms with Crippen LogP contribution in [0.2, 0.25) is 0 Å². The normalized spacial score (nSPS) is 26.8. The van der Waals surface area contributed by atoms with Gasteiger partial charge in [0.15, 0.2) is 0 Å². The SMILES string of the molecule is CC(C(=O)N1CC(CN)CC1C)N1CCc2ccccc2C1. The molecule has 0 aromatic heterocycles. The van der Waals surface area contributed by atoms with E-state index in [1.165, 1.54) is 11.1 Å². The summed E-state index contributed by atoms with van der Waals surface area (Å²) in [5.41, 5.74) is 8.57. The molecule has 3 rings (SSSR count). The zero-order chi connectivity index (χ0) is 15.7. The molecule has 1 saturated heterocycles. The highest BCUT2D eigenvalue weighted by molar-refractivity contribution is 5.82. The van der Waals surface area contributed by atoms with Gasteiger partial charge < -0.3 is 10.6 Å². The Morgan fingerprint density at radius 2 is 2.09 bits per heavy atom. The van der Waals surface area contributed by atoms with Crippen LogP contribution in [-0.2, 0) is 17.8 Å². The molecule has 1 amide bonds. The van der Waals surface area contributed by atoms with Crippen LogP contribution >= 0.6 is 0 Å². The second kappa shape index (κ2) is 6.39. The highest BCUT2D eigenvalue weighted by Crippen LogP contribution is 2.25. The molecule has 0 bridgehead atoms. The molecular weight excluding hydrogens is 274 g/mol. The van der Waals surface area contributed by atoms with Crippen molar-refractivity contribution in [3.8, 4) is 0 Å². The van der Waals surface area contributed by atoms with Crippen molar-refractivity contribution in [3.05, 3.63) is 35.4 Å². The van der Waals surface area contributed by atoms with Gasteiger partial charge in [0.1, 0.15) is 0 Å². The Bertz CT molecular complexity index is 545. The first-order valence-electron chi connectivity index (χ1n) is 8.41. The van der Waals surface area contributed by atoms with Crippen molar-refractivity contribution >= 4 is 5.91 Å². The number of carbonyl (C=O) groups excluding carboxylic acids is 1. The minimum atomic E-state index is -0.0488. The molecule has 0 spiro atoms. The number of nitrogens with zero attached hydrogens (tertiary/aromatic N) is 2. The molecule has 0 aliphatic carbocycles. The number of nitrogens with two attached hydrogens (primary N) is 1. The molecule has 0 saturated carbocycles. The van der Waals surface area contributed by atoms with Crippen LogP contribution in [0.4, 0.5) is 0 Å². The maximum atomic E-state index is 12.9. The quantitative estimate of drug-likeness (QED) is 0.923. The van der Waals surface area contributed by atoms with Crippen LogP contribution in [0.25, 0.3) is 0 Å². The molecule has 120 valence electrons. The molecule has 3 unspecified atom stereocenters. The summed E-state index contributed by atoms with van der Waals surface area (Å²) in [6.45, 7) is 7.55. The average molecular weight is 301 g/mol. The van der Waals surface area contributed by atoms with E-state index in [4.69, 9.17) is 5.73 Å². The van der Waals surface area contributed by atoms with Crippen molar-refractivity contribution in [2.75, 3.05) is 19.6 Å². The number of rotatable bonds is 3. The van der Waals surface area contributed by atoms with E-state index in [1.807, 2.05) is 4.90 Å². The van der Waals surface area contributed by atoms with Crippen LogP contribution in [0.5, 0.6) is 0 Å². The maximum Gasteiger partial charge on any atom is 0.239 e. The zero-order valence-electron chi connectivity index (χ0n) is 13.7. The second-order valence-corrected chi connectivity index (χ2v) is 6.84. The van der Waals surface area contributed by atoms with Crippen molar-refractivity contribution in [2.45, 2.75) is 45.3 Å². The van der Waals surface area contributed by atoms with E-state index in [9.17, 15) is 4.79 Å². The van der Waals surface area contributed by atoms with Gasteiger partial charge in [-0.3, -0.25) is 9.69 Å². The van der Waals surface area contributed by atoms with Crippen LogP contribution in [0.15, 0.2) is 24.3 Å². The third kappa shape index (κ3) is 2.90. The first kappa shape index (κ1) is 15.5. The fraction of sp³-hybridized carbons (Fsp3) is 0.611. The molecule has 4 heteroatoms. The van der Waals surface area contributed by atoms with Gasteiger partial charge in [-0.2, -0.15) is 0 Å². The number of amides is 1. The largest absolute Gasteiger partial charge is 0.338 e. The lowest BCUT2D eigenvalue weighted by molar-refractivity contribution is -0.137. The summed E-state index contributed by atoms with van der Waals surface area (Å²) in [6, 6.07) is 8.84.